The van der Waals surface area contributed by atoms with Gasteiger partial charge in [-0.1, -0.05) is 13.0 Å². The predicted molar refractivity (Wildman–Crippen MR) is 71.5 cm³/mol. The Hall–Kier alpha value is -0.980. The summed E-state index contributed by atoms with van der Waals surface area (Å²) in [5.41, 5.74) is 6.11. The molecular weight excluding hydrogens is 267 g/mol. The van der Waals surface area contributed by atoms with Gasteiger partial charge in [0.05, 0.1) is 0 Å². The molecule has 1 fully saturated rings. The Morgan fingerprint density at radius 1 is 1.47 bits per heavy atom. The average Bonchev–Trinajstić information content (AvgIpc) is 2.88. The second-order valence-electron chi connectivity index (χ2n) is 4.79. The minimum atomic E-state index is -3.76. The van der Waals surface area contributed by atoms with Crippen LogP contribution in [0.15, 0.2) is 23.1 Å². The van der Waals surface area contributed by atoms with E-state index in [2.05, 4.69) is 0 Å². The van der Waals surface area contributed by atoms with Crippen molar-refractivity contribution in [2.24, 2.45) is 5.73 Å². The number of sulfonamides is 1. The van der Waals surface area contributed by atoms with Crippen molar-refractivity contribution in [3.63, 3.8) is 0 Å². The standard InChI is InChI=1S/C13H19FN2O2S/c1-2-11-4-3-7-16(11)19(17,18)13-8-10(9-15)5-6-12(13)14/h5-6,8,11H,2-4,7,9,15H2,1H3. The third kappa shape index (κ3) is 2.66. The van der Waals surface area contributed by atoms with E-state index in [0.29, 0.717) is 12.1 Å². The summed E-state index contributed by atoms with van der Waals surface area (Å²) in [6.07, 6.45) is 2.42. The van der Waals surface area contributed by atoms with Crippen molar-refractivity contribution in [2.45, 2.75) is 43.7 Å². The van der Waals surface area contributed by atoms with Crippen LogP contribution >= 0.6 is 0 Å². The van der Waals surface area contributed by atoms with Gasteiger partial charge in [-0.2, -0.15) is 4.31 Å². The van der Waals surface area contributed by atoms with Crippen molar-refractivity contribution in [1.82, 2.24) is 4.31 Å². The lowest BCUT2D eigenvalue weighted by atomic mass is 10.2. The van der Waals surface area contributed by atoms with Crippen LogP contribution in [0.4, 0.5) is 4.39 Å². The van der Waals surface area contributed by atoms with Gasteiger partial charge < -0.3 is 5.73 Å². The highest BCUT2D eigenvalue weighted by molar-refractivity contribution is 7.89. The molecule has 19 heavy (non-hydrogen) atoms. The Labute approximate surface area is 113 Å². The largest absolute Gasteiger partial charge is 0.326 e. The van der Waals surface area contributed by atoms with Gasteiger partial charge in [-0.3, -0.25) is 0 Å². The first-order chi connectivity index (χ1) is 9.00. The average molecular weight is 286 g/mol. The number of nitrogens with zero attached hydrogens (tertiary/aromatic N) is 1. The Kier molecular flexibility index (Phi) is 4.23. The van der Waals surface area contributed by atoms with Crippen LogP contribution in [0.3, 0.4) is 0 Å². The fourth-order valence-electron chi connectivity index (χ4n) is 2.53. The van der Waals surface area contributed by atoms with Gasteiger partial charge in [-0.15, -0.1) is 0 Å². The van der Waals surface area contributed by atoms with E-state index in [1.165, 1.54) is 22.5 Å². The highest BCUT2D eigenvalue weighted by Gasteiger charge is 2.35. The fraction of sp³-hybridized carbons (Fsp3) is 0.538. The summed E-state index contributed by atoms with van der Waals surface area (Å²) in [5.74, 6) is -0.709. The maximum Gasteiger partial charge on any atom is 0.246 e. The maximum absolute atomic E-state index is 13.8. The summed E-state index contributed by atoms with van der Waals surface area (Å²) in [7, 11) is -3.76. The molecule has 0 radical (unpaired) electrons. The van der Waals surface area contributed by atoms with Gasteiger partial charge in [-0.25, -0.2) is 12.8 Å². The van der Waals surface area contributed by atoms with Gasteiger partial charge in [-0.05, 0) is 37.0 Å². The molecule has 0 saturated carbocycles. The molecule has 0 spiro atoms. The number of benzene rings is 1. The van der Waals surface area contributed by atoms with E-state index in [0.717, 1.165) is 19.3 Å². The van der Waals surface area contributed by atoms with Crippen LogP contribution in [0.1, 0.15) is 31.7 Å². The van der Waals surface area contributed by atoms with Crippen molar-refractivity contribution in [3.8, 4) is 0 Å². The Balaban J connectivity index is 2.44. The smallest absolute Gasteiger partial charge is 0.246 e. The molecule has 4 nitrogen and oxygen atoms in total. The van der Waals surface area contributed by atoms with Crippen molar-refractivity contribution in [3.05, 3.63) is 29.6 Å². The molecule has 0 aromatic heterocycles. The zero-order valence-electron chi connectivity index (χ0n) is 11.0. The number of hydrogen-bond donors (Lipinski definition) is 1. The van der Waals surface area contributed by atoms with Crippen molar-refractivity contribution >= 4 is 10.0 Å². The zero-order valence-corrected chi connectivity index (χ0v) is 11.8. The van der Waals surface area contributed by atoms with E-state index in [-0.39, 0.29) is 17.5 Å². The van der Waals surface area contributed by atoms with Crippen LogP contribution in [0, 0.1) is 5.82 Å². The highest BCUT2D eigenvalue weighted by Crippen LogP contribution is 2.29. The van der Waals surface area contributed by atoms with Crippen LogP contribution in [0.2, 0.25) is 0 Å². The van der Waals surface area contributed by atoms with E-state index in [1.807, 2.05) is 6.92 Å². The third-order valence-electron chi connectivity index (χ3n) is 3.61. The molecule has 1 unspecified atom stereocenters. The summed E-state index contributed by atoms with van der Waals surface area (Å²) < 4.78 is 40.3. The number of nitrogens with two attached hydrogens (primary N) is 1. The summed E-state index contributed by atoms with van der Waals surface area (Å²) >= 11 is 0. The van der Waals surface area contributed by atoms with Gasteiger partial charge in [0.1, 0.15) is 10.7 Å². The van der Waals surface area contributed by atoms with E-state index >= 15 is 0 Å². The van der Waals surface area contributed by atoms with Crippen molar-refractivity contribution in [2.75, 3.05) is 6.54 Å². The summed E-state index contributed by atoms with van der Waals surface area (Å²) in [5, 5.41) is 0. The number of rotatable bonds is 4. The molecule has 1 aliphatic heterocycles. The third-order valence-corrected chi connectivity index (χ3v) is 5.58. The second-order valence-corrected chi connectivity index (χ2v) is 6.65. The topological polar surface area (TPSA) is 63.4 Å². The first-order valence-electron chi connectivity index (χ1n) is 6.51. The Morgan fingerprint density at radius 2 is 2.21 bits per heavy atom. The molecule has 2 N–H and O–H groups in total. The van der Waals surface area contributed by atoms with Gasteiger partial charge in [0, 0.05) is 19.1 Å². The minimum absolute atomic E-state index is 0.0223. The highest BCUT2D eigenvalue weighted by atomic mass is 32.2. The molecule has 1 saturated heterocycles. The molecule has 6 heteroatoms. The monoisotopic (exact) mass is 286 g/mol. The lowest BCUT2D eigenvalue weighted by Crippen LogP contribution is -2.35. The molecule has 1 atom stereocenters. The SMILES string of the molecule is CCC1CCCN1S(=O)(=O)c1cc(CN)ccc1F. The van der Waals surface area contributed by atoms with Crippen LogP contribution < -0.4 is 5.73 Å². The van der Waals surface area contributed by atoms with Gasteiger partial charge in [0.2, 0.25) is 10.0 Å². The van der Waals surface area contributed by atoms with E-state index < -0.39 is 15.8 Å². The van der Waals surface area contributed by atoms with Crippen LogP contribution in [0.25, 0.3) is 0 Å². The Bertz CT molecular complexity index is 560. The normalized spacial score (nSPS) is 20.9. The molecule has 1 heterocycles. The first-order valence-corrected chi connectivity index (χ1v) is 7.95. The first kappa shape index (κ1) is 14.4. The van der Waals surface area contributed by atoms with Crippen molar-refractivity contribution in [1.29, 1.82) is 0 Å². The number of hydrogen-bond acceptors (Lipinski definition) is 3. The summed E-state index contributed by atoms with van der Waals surface area (Å²) in [6.45, 7) is 2.61. The molecular formula is C13H19FN2O2S. The number of halogens is 1. The molecule has 0 aliphatic carbocycles. The van der Waals surface area contributed by atoms with Crippen LogP contribution in [-0.2, 0) is 16.6 Å². The molecule has 1 aliphatic rings. The minimum Gasteiger partial charge on any atom is -0.326 e. The van der Waals surface area contributed by atoms with Crippen LogP contribution in [0.5, 0.6) is 0 Å². The van der Waals surface area contributed by atoms with Crippen LogP contribution in [-0.4, -0.2) is 25.3 Å². The lowest BCUT2D eigenvalue weighted by Gasteiger charge is -2.23. The van der Waals surface area contributed by atoms with Gasteiger partial charge >= 0.3 is 0 Å². The quantitative estimate of drug-likeness (QED) is 0.918. The lowest BCUT2D eigenvalue weighted by molar-refractivity contribution is 0.377. The van der Waals surface area contributed by atoms with E-state index in [1.54, 1.807) is 0 Å². The van der Waals surface area contributed by atoms with Crippen molar-refractivity contribution < 1.29 is 12.8 Å². The fourth-order valence-corrected chi connectivity index (χ4v) is 4.42. The summed E-state index contributed by atoms with van der Waals surface area (Å²) in [6, 6.07) is 4.00. The molecule has 2 rings (SSSR count). The second kappa shape index (κ2) is 5.56. The van der Waals surface area contributed by atoms with E-state index in [4.69, 9.17) is 5.73 Å². The van der Waals surface area contributed by atoms with E-state index in [9.17, 15) is 12.8 Å². The molecule has 0 bridgehead atoms. The molecule has 1 aromatic carbocycles. The predicted octanol–water partition coefficient (Wildman–Crippen LogP) is 1.85. The van der Waals surface area contributed by atoms with Gasteiger partial charge in [0.15, 0.2) is 0 Å². The maximum atomic E-state index is 13.8. The molecule has 106 valence electrons. The Morgan fingerprint density at radius 3 is 2.84 bits per heavy atom. The summed E-state index contributed by atoms with van der Waals surface area (Å²) in [4.78, 5) is -0.254. The molecule has 0 amide bonds. The van der Waals surface area contributed by atoms with Gasteiger partial charge in [0.25, 0.3) is 0 Å². The molecule has 1 aromatic rings. The zero-order chi connectivity index (χ0) is 14.0.